The Morgan fingerprint density at radius 3 is 2.67 bits per heavy atom. The van der Waals surface area contributed by atoms with E-state index in [1.165, 1.54) is 5.56 Å². The molecular formula is C14H23N3O. The summed E-state index contributed by atoms with van der Waals surface area (Å²) in [7, 11) is 1.98. The second kappa shape index (κ2) is 5.67. The Labute approximate surface area is 109 Å². The molecule has 2 rings (SSSR count). The molecule has 3 unspecified atom stereocenters. The largest absolute Gasteiger partial charge is 0.372 e. The minimum absolute atomic E-state index is 0.265. The molecule has 18 heavy (non-hydrogen) atoms. The van der Waals surface area contributed by atoms with Crippen molar-refractivity contribution in [3.63, 3.8) is 0 Å². The lowest BCUT2D eigenvalue weighted by Crippen LogP contribution is -2.45. The van der Waals surface area contributed by atoms with Crippen LogP contribution in [0.2, 0.25) is 0 Å². The Morgan fingerprint density at radius 1 is 1.39 bits per heavy atom. The molecule has 4 nitrogen and oxygen atoms in total. The Kier molecular flexibility index (Phi) is 4.19. The fourth-order valence-corrected chi connectivity index (χ4v) is 2.41. The molecule has 1 aromatic heterocycles. The normalized spacial score (nSPS) is 26.1. The predicted molar refractivity (Wildman–Crippen MR) is 73.9 cm³/mol. The second-order valence-electron chi connectivity index (χ2n) is 5.12. The van der Waals surface area contributed by atoms with Gasteiger partial charge in [0, 0.05) is 25.3 Å². The van der Waals surface area contributed by atoms with Gasteiger partial charge in [-0.3, -0.25) is 0 Å². The fraction of sp³-hybridized carbons (Fsp3) is 0.643. The first-order chi connectivity index (χ1) is 8.60. The SMILES string of the molecule is CNC(C)c1ccnc(N2CC(C)OC(C)C2)c1. The zero-order valence-electron chi connectivity index (χ0n) is 11.7. The van der Waals surface area contributed by atoms with Crippen molar-refractivity contribution in [2.45, 2.75) is 39.0 Å². The van der Waals surface area contributed by atoms with E-state index < -0.39 is 0 Å². The summed E-state index contributed by atoms with van der Waals surface area (Å²) in [4.78, 5) is 6.80. The first-order valence-electron chi connectivity index (χ1n) is 6.63. The van der Waals surface area contributed by atoms with Gasteiger partial charge in [-0.2, -0.15) is 0 Å². The first kappa shape index (κ1) is 13.3. The molecule has 0 saturated carbocycles. The molecule has 0 bridgehead atoms. The summed E-state index contributed by atoms with van der Waals surface area (Å²) in [5.74, 6) is 1.05. The highest BCUT2D eigenvalue weighted by Gasteiger charge is 2.23. The number of aromatic nitrogens is 1. The van der Waals surface area contributed by atoms with Crippen LogP contribution in [0.1, 0.15) is 32.4 Å². The topological polar surface area (TPSA) is 37.4 Å². The molecule has 0 aromatic carbocycles. The smallest absolute Gasteiger partial charge is 0.128 e. The van der Waals surface area contributed by atoms with Crippen molar-refractivity contribution in [3.8, 4) is 0 Å². The van der Waals surface area contributed by atoms with E-state index in [4.69, 9.17) is 4.74 Å². The molecule has 0 radical (unpaired) electrons. The van der Waals surface area contributed by atoms with Gasteiger partial charge in [0.15, 0.2) is 0 Å². The summed E-state index contributed by atoms with van der Waals surface area (Å²) < 4.78 is 5.75. The maximum Gasteiger partial charge on any atom is 0.128 e. The van der Waals surface area contributed by atoms with Crippen LogP contribution in [0, 0.1) is 0 Å². The summed E-state index contributed by atoms with van der Waals surface area (Å²) in [6.07, 6.45) is 2.42. The molecule has 2 heterocycles. The maximum atomic E-state index is 5.75. The number of hydrogen-bond acceptors (Lipinski definition) is 4. The number of anilines is 1. The van der Waals surface area contributed by atoms with E-state index >= 15 is 0 Å². The molecule has 1 aliphatic heterocycles. The third-order valence-electron chi connectivity index (χ3n) is 3.45. The van der Waals surface area contributed by atoms with Gasteiger partial charge in [-0.1, -0.05) is 0 Å². The van der Waals surface area contributed by atoms with E-state index in [2.05, 4.69) is 48.1 Å². The zero-order valence-corrected chi connectivity index (χ0v) is 11.7. The van der Waals surface area contributed by atoms with Gasteiger partial charge in [0.1, 0.15) is 5.82 Å². The van der Waals surface area contributed by atoms with Gasteiger partial charge in [-0.05, 0) is 45.5 Å². The zero-order chi connectivity index (χ0) is 13.1. The predicted octanol–water partition coefficient (Wildman–Crippen LogP) is 1.98. The summed E-state index contributed by atoms with van der Waals surface area (Å²) in [6.45, 7) is 8.21. The van der Waals surface area contributed by atoms with Crippen molar-refractivity contribution < 1.29 is 4.74 Å². The highest BCUT2D eigenvalue weighted by atomic mass is 16.5. The van der Waals surface area contributed by atoms with Crippen LogP contribution in [0.4, 0.5) is 5.82 Å². The van der Waals surface area contributed by atoms with E-state index in [0.29, 0.717) is 6.04 Å². The van der Waals surface area contributed by atoms with E-state index in [1.807, 2.05) is 13.2 Å². The molecule has 3 atom stereocenters. The molecule has 1 N–H and O–H groups in total. The standard InChI is InChI=1S/C14H23N3O/c1-10-8-17(9-11(2)18-10)14-7-13(5-6-16-14)12(3)15-4/h5-7,10-12,15H,8-9H2,1-4H3. The van der Waals surface area contributed by atoms with Crippen LogP contribution in [-0.2, 0) is 4.74 Å². The van der Waals surface area contributed by atoms with Gasteiger partial charge >= 0.3 is 0 Å². The van der Waals surface area contributed by atoms with Crippen LogP contribution in [0.5, 0.6) is 0 Å². The minimum atomic E-state index is 0.265. The van der Waals surface area contributed by atoms with E-state index in [9.17, 15) is 0 Å². The van der Waals surface area contributed by atoms with Gasteiger partial charge in [0.2, 0.25) is 0 Å². The van der Waals surface area contributed by atoms with Crippen LogP contribution in [-0.4, -0.2) is 37.3 Å². The van der Waals surface area contributed by atoms with Crippen LogP contribution in [0.3, 0.4) is 0 Å². The van der Waals surface area contributed by atoms with Crippen LogP contribution in [0.15, 0.2) is 18.3 Å². The molecule has 1 aromatic rings. The summed E-state index contributed by atoms with van der Waals surface area (Å²) in [6, 6.07) is 4.59. The lowest BCUT2D eigenvalue weighted by Gasteiger charge is -2.36. The van der Waals surface area contributed by atoms with Gasteiger partial charge in [-0.25, -0.2) is 4.98 Å². The van der Waals surface area contributed by atoms with Crippen molar-refractivity contribution in [3.05, 3.63) is 23.9 Å². The molecule has 1 fully saturated rings. The fourth-order valence-electron chi connectivity index (χ4n) is 2.41. The Morgan fingerprint density at radius 2 is 2.06 bits per heavy atom. The number of rotatable bonds is 3. The summed E-state index contributed by atoms with van der Waals surface area (Å²) in [5, 5.41) is 3.26. The highest BCUT2D eigenvalue weighted by Crippen LogP contribution is 2.21. The lowest BCUT2D eigenvalue weighted by molar-refractivity contribution is -0.00546. The van der Waals surface area contributed by atoms with Crippen molar-refractivity contribution in [2.24, 2.45) is 0 Å². The first-order valence-corrected chi connectivity index (χ1v) is 6.63. The van der Waals surface area contributed by atoms with Gasteiger partial charge in [0.05, 0.1) is 12.2 Å². The van der Waals surface area contributed by atoms with Crippen LogP contribution >= 0.6 is 0 Å². The summed E-state index contributed by atoms with van der Waals surface area (Å²) >= 11 is 0. The van der Waals surface area contributed by atoms with E-state index in [-0.39, 0.29) is 12.2 Å². The molecule has 1 aliphatic rings. The lowest BCUT2D eigenvalue weighted by atomic mass is 10.1. The Hall–Kier alpha value is -1.13. The number of morpholine rings is 1. The van der Waals surface area contributed by atoms with Crippen LogP contribution < -0.4 is 10.2 Å². The number of nitrogens with zero attached hydrogens (tertiary/aromatic N) is 2. The summed E-state index contributed by atoms with van der Waals surface area (Å²) in [5.41, 5.74) is 1.27. The molecule has 1 saturated heterocycles. The minimum Gasteiger partial charge on any atom is -0.372 e. The highest BCUT2D eigenvalue weighted by molar-refractivity contribution is 5.42. The van der Waals surface area contributed by atoms with Crippen molar-refractivity contribution in [1.29, 1.82) is 0 Å². The quantitative estimate of drug-likeness (QED) is 0.889. The molecule has 0 aliphatic carbocycles. The van der Waals surface area contributed by atoms with Crippen molar-refractivity contribution >= 4 is 5.82 Å². The van der Waals surface area contributed by atoms with Gasteiger partial charge in [-0.15, -0.1) is 0 Å². The molecule has 4 heteroatoms. The van der Waals surface area contributed by atoms with E-state index in [0.717, 1.165) is 18.9 Å². The van der Waals surface area contributed by atoms with Crippen molar-refractivity contribution in [2.75, 3.05) is 25.0 Å². The Balaban J connectivity index is 2.17. The van der Waals surface area contributed by atoms with Crippen LogP contribution in [0.25, 0.3) is 0 Å². The molecule has 100 valence electrons. The third kappa shape index (κ3) is 3.00. The molecule has 0 amide bonds. The van der Waals surface area contributed by atoms with Gasteiger partial charge in [0.25, 0.3) is 0 Å². The Bertz CT molecular complexity index is 386. The number of nitrogens with one attached hydrogen (secondary N) is 1. The second-order valence-corrected chi connectivity index (χ2v) is 5.12. The van der Waals surface area contributed by atoms with Crippen molar-refractivity contribution in [1.82, 2.24) is 10.3 Å². The average molecular weight is 249 g/mol. The number of hydrogen-bond donors (Lipinski definition) is 1. The van der Waals surface area contributed by atoms with Gasteiger partial charge < -0.3 is 15.0 Å². The van der Waals surface area contributed by atoms with E-state index in [1.54, 1.807) is 0 Å². The third-order valence-corrected chi connectivity index (χ3v) is 3.45. The molecular weight excluding hydrogens is 226 g/mol. The number of ether oxygens (including phenoxy) is 1. The average Bonchev–Trinajstić information content (AvgIpc) is 2.37. The number of pyridine rings is 1. The monoisotopic (exact) mass is 249 g/mol. The molecule has 0 spiro atoms. The maximum absolute atomic E-state index is 5.75.